The average molecular weight is 191 g/mol. The van der Waals surface area contributed by atoms with Crippen molar-refractivity contribution in [3.63, 3.8) is 0 Å². The van der Waals surface area contributed by atoms with Gasteiger partial charge in [0.1, 0.15) is 0 Å². The van der Waals surface area contributed by atoms with Crippen molar-refractivity contribution in [3.8, 4) is 0 Å². The van der Waals surface area contributed by atoms with Gasteiger partial charge in [-0.3, -0.25) is 9.69 Å². The maximum atomic E-state index is 10.4. The van der Waals surface area contributed by atoms with E-state index in [-0.39, 0.29) is 19.8 Å². The van der Waals surface area contributed by atoms with Gasteiger partial charge in [0.25, 0.3) is 0 Å². The lowest BCUT2D eigenvalue weighted by Crippen LogP contribution is -2.32. The third-order valence-corrected chi connectivity index (χ3v) is 1.62. The number of carbonyl (C=O) groups is 1. The van der Waals surface area contributed by atoms with Crippen LogP contribution in [0.3, 0.4) is 0 Å². The average Bonchev–Trinajstić information content (AvgIpc) is 2.09. The summed E-state index contributed by atoms with van der Waals surface area (Å²) in [7, 11) is 0. The number of carboxylic acid groups (broad SMARTS) is 1. The van der Waals surface area contributed by atoms with Gasteiger partial charge in [0.2, 0.25) is 0 Å². The van der Waals surface area contributed by atoms with E-state index in [9.17, 15) is 4.79 Å². The second-order valence-electron chi connectivity index (χ2n) is 2.82. The highest BCUT2D eigenvalue weighted by Crippen LogP contribution is 1.93. The van der Waals surface area contributed by atoms with Crippen LogP contribution in [-0.4, -0.2) is 59.0 Å². The van der Waals surface area contributed by atoms with Crippen LogP contribution in [0.5, 0.6) is 0 Å². The highest BCUT2D eigenvalue weighted by atomic mass is 16.4. The second kappa shape index (κ2) is 7.97. The molecule has 13 heavy (non-hydrogen) atoms. The third-order valence-electron chi connectivity index (χ3n) is 1.62. The molecule has 0 rings (SSSR count). The van der Waals surface area contributed by atoms with Crippen molar-refractivity contribution in [1.82, 2.24) is 4.90 Å². The number of nitrogens with zero attached hydrogens (tertiary/aromatic N) is 1. The van der Waals surface area contributed by atoms with Crippen molar-refractivity contribution < 1.29 is 20.1 Å². The summed E-state index contributed by atoms with van der Waals surface area (Å²) < 4.78 is 0. The zero-order valence-electron chi connectivity index (χ0n) is 7.65. The molecular weight excluding hydrogens is 174 g/mol. The predicted molar refractivity (Wildman–Crippen MR) is 47.5 cm³/mol. The molecule has 0 radical (unpaired) electrons. The summed E-state index contributed by atoms with van der Waals surface area (Å²) in [5, 5.41) is 25.6. The molecule has 0 saturated carbocycles. The van der Waals surface area contributed by atoms with Gasteiger partial charge in [0.05, 0.1) is 6.54 Å². The van der Waals surface area contributed by atoms with Gasteiger partial charge in [0.15, 0.2) is 0 Å². The van der Waals surface area contributed by atoms with Gasteiger partial charge in [-0.2, -0.15) is 0 Å². The highest BCUT2D eigenvalue weighted by molar-refractivity contribution is 5.69. The molecule has 0 aromatic carbocycles. The van der Waals surface area contributed by atoms with E-state index in [1.165, 1.54) is 0 Å². The maximum absolute atomic E-state index is 10.4. The van der Waals surface area contributed by atoms with Gasteiger partial charge in [-0.25, -0.2) is 0 Å². The summed E-state index contributed by atoms with van der Waals surface area (Å²) in [6.07, 6.45) is 1.14. The van der Waals surface area contributed by atoms with E-state index >= 15 is 0 Å². The molecule has 0 aliphatic carbocycles. The Labute approximate surface area is 77.6 Å². The molecule has 78 valence electrons. The van der Waals surface area contributed by atoms with Crippen LogP contribution in [-0.2, 0) is 4.79 Å². The van der Waals surface area contributed by atoms with Crippen molar-refractivity contribution in [2.24, 2.45) is 0 Å². The van der Waals surface area contributed by atoms with E-state index in [2.05, 4.69) is 0 Å². The second-order valence-corrected chi connectivity index (χ2v) is 2.82. The molecule has 0 fully saturated rings. The largest absolute Gasteiger partial charge is 0.480 e. The lowest BCUT2D eigenvalue weighted by atomic mass is 10.3. The standard InChI is InChI=1S/C8H17NO4/c10-5-1-3-9(4-2-6-11)7-8(12)13/h10-11H,1-7H2,(H,12,13). The number of aliphatic hydroxyl groups is 2. The Morgan fingerprint density at radius 3 is 1.85 bits per heavy atom. The van der Waals surface area contributed by atoms with E-state index in [1.54, 1.807) is 4.90 Å². The number of hydrogen-bond acceptors (Lipinski definition) is 4. The highest BCUT2D eigenvalue weighted by Gasteiger charge is 2.07. The lowest BCUT2D eigenvalue weighted by Gasteiger charge is -2.18. The topological polar surface area (TPSA) is 81.0 Å². The summed E-state index contributed by atoms with van der Waals surface area (Å²) in [4.78, 5) is 12.1. The molecule has 5 heteroatoms. The van der Waals surface area contributed by atoms with Crippen LogP contribution < -0.4 is 0 Å². The quantitative estimate of drug-likeness (QED) is 0.465. The fourth-order valence-corrected chi connectivity index (χ4v) is 1.05. The Balaban J connectivity index is 3.66. The first-order chi connectivity index (χ1) is 6.20. The van der Waals surface area contributed by atoms with Crippen molar-refractivity contribution in [2.45, 2.75) is 12.8 Å². The number of aliphatic carboxylic acids is 1. The van der Waals surface area contributed by atoms with Crippen LogP contribution in [0, 0.1) is 0 Å². The lowest BCUT2D eigenvalue weighted by molar-refractivity contribution is -0.138. The van der Waals surface area contributed by atoms with Crippen molar-refractivity contribution in [2.75, 3.05) is 32.8 Å². The molecule has 0 unspecified atom stereocenters. The van der Waals surface area contributed by atoms with Crippen LogP contribution in [0.1, 0.15) is 12.8 Å². The molecule has 0 bridgehead atoms. The molecule has 0 aromatic heterocycles. The van der Waals surface area contributed by atoms with E-state index in [0.29, 0.717) is 25.9 Å². The minimum atomic E-state index is -0.879. The normalized spacial score (nSPS) is 10.7. The Kier molecular flexibility index (Phi) is 7.57. The minimum Gasteiger partial charge on any atom is -0.480 e. The first-order valence-corrected chi connectivity index (χ1v) is 4.36. The molecule has 0 aromatic rings. The van der Waals surface area contributed by atoms with E-state index < -0.39 is 5.97 Å². The van der Waals surface area contributed by atoms with Gasteiger partial charge in [-0.1, -0.05) is 0 Å². The first kappa shape index (κ1) is 12.3. The van der Waals surface area contributed by atoms with Crippen LogP contribution in [0.15, 0.2) is 0 Å². The van der Waals surface area contributed by atoms with Gasteiger partial charge in [0, 0.05) is 26.3 Å². The number of aliphatic hydroxyl groups excluding tert-OH is 2. The summed E-state index contributed by atoms with van der Waals surface area (Å²) in [5.41, 5.74) is 0. The van der Waals surface area contributed by atoms with Crippen molar-refractivity contribution >= 4 is 5.97 Å². The molecule has 0 spiro atoms. The Hall–Kier alpha value is -0.650. The zero-order chi connectivity index (χ0) is 10.1. The molecule has 0 amide bonds. The SMILES string of the molecule is O=C(O)CN(CCCO)CCCO. The molecule has 0 aliphatic heterocycles. The molecular formula is C8H17NO4. The first-order valence-electron chi connectivity index (χ1n) is 4.36. The van der Waals surface area contributed by atoms with Crippen LogP contribution >= 0.6 is 0 Å². The van der Waals surface area contributed by atoms with Crippen LogP contribution in [0.2, 0.25) is 0 Å². The van der Waals surface area contributed by atoms with Gasteiger partial charge >= 0.3 is 5.97 Å². The zero-order valence-corrected chi connectivity index (χ0v) is 7.65. The Morgan fingerprint density at radius 1 is 1.08 bits per heavy atom. The van der Waals surface area contributed by atoms with Gasteiger partial charge in [-0.15, -0.1) is 0 Å². The predicted octanol–water partition coefficient (Wildman–Crippen LogP) is -0.862. The summed E-state index contributed by atoms with van der Waals surface area (Å²) in [6.45, 7) is 1.22. The molecule has 5 nitrogen and oxygen atoms in total. The minimum absolute atomic E-state index is 0.0278. The number of hydrogen-bond donors (Lipinski definition) is 3. The fraction of sp³-hybridized carbons (Fsp3) is 0.875. The molecule has 0 atom stereocenters. The summed E-state index contributed by atoms with van der Waals surface area (Å²) >= 11 is 0. The summed E-state index contributed by atoms with van der Waals surface area (Å²) in [5.74, 6) is -0.879. The molecule has 3 N–H and O–H groups in total. The maximum Gasteiger partial charge on any atom is 0.317 e. The van der Waals surface area contributed by atoms with E-state index in [1.807, 2.05) is 0 Å². The molecule has 0 heterocycles. The van der Waals surface area contributed by atoms with E-state index in [0.717, 1.165) is 0 Å². The van der Waals surface area contributed by atoms with Crippen molar-refractivity contribution in [1.29, 1.82) is 0 Å². The Bertz CT molecular complexity index is 132. The van der Waals surface area contributed by atoms with Crippen LogP contribution in [0.4, 0.5) is 0 Å². The fourth-order valence-electron chi connectivity index (χ4n) is 1.05. The van der Waals surface area contributed by atoms with E-state index in [4.69, 9.17) is 15.3 Å². The van der Waals surface area contributed by atoms with Crippen LogP contribution in [0.25, 0.3) is 0 Å². The Morgan fingerprint density at radius 2 is 1.54 bits per heavy atom. The number of carboxylic acids is 1. The summed E-state index contributed by atoms with van der Waals surface area (Å²) in [6, 6.07) is 0. The van der Waals surface area contributed by atoms with Crippen molar-refractivity contribution in [3.05, 3.63) is 0 Å². The van der Waals surface area contributed by atoms with Gasteiger partial charge < -0.3 is 15.3 Å². The smallest absolute Gasteiger partial charge is 0.317 e. The monoisotopic (exact) mass is 191 g/mol. The van der Waals surface area contributed by atoms with Gasteiger partial charge in [-0.05, 0) is 12.8 Å². The molecule has 0 saturated heterocycles. The molecule has 0 aliphatic rings. The third kappa shape index (κ3) is 7.70. The number of rotatable bonds is 8.